The second-order valence-electron chi connectivity index (χ2n) is 5.71. The molecule has 0 radical (unpaired) electrons. The number of hydrogen-bond acceptors (Lipinski definition) is 3. The Kier molecular flexibility index (Phi) is 6.56. The Hall–Kier alpha value is -2.09. The molecule has 166 valence electrons. The molecule has 1 aromatic rings. The number of halogens is 10. The molecule has 0 spiro atoms. The number of alkyl halides is 10. The van der Waals surface area contributed by atoms with Crippen LogP contribution in [0, 0.1) is 6.92 Å². The molecule has 4 nitrogen and oxygen atoms in total. The lowest BCUT2D eigenvalue weighted by Crippen LogP contribution is -2.65. The molecule has 1 amide bonds. The van der Waals surface area contributed by atoms with Gasteiger partial charge in [0.1, 0.15) is 0 Å². The topological polar surface area (TPSA) is 38.8 Å². The summed E-state index contributed by atoms with van der Waals surface area (Å²) in [5, 5.41) is 0. The first-order chi connectivity index (χ1) is 12.8. The maximum atomic E-state index is 14.5. The van der Waals surface area contributed by atoms with Gasteiger partial charge in [-0.05, 0) is 24.6 Å². The summed E-state index contributed by atoms with van der Waals surface area (Å²) in [6.07, 6.45) is -19.9. The van der Waals surface area contributed by atoms with Crippen molar-refractivity contribution < 1.29 is 58.2 Å². The number of carbonyl (C=O) groups is 1. The lowest BCUT2D eigenvalue weighted by atomic mass is 10.1. The van der Waals surface area contributed by atoms with Crippen LogP contribution in [-0.2, 0) is 14.3 Å². The zero-order valence-electron chi connectivity index (χ0n) is 14.8. The van der Waals surface area contributed by atoms with Gasteiger partial charge in [-0.15, -0.1) is 0 Å². The van der Waals surface area contributed by atoms with E-state index < -0.39 is 41.8 Å². The molecule has 0 bridgehead atoms. The van der Waals surface area contributed by atoms with Crippen LogP contribution in [0.5, 0.6) is 0 Å². The van der Waals surface area contributed by atoms with E-state index in [9.17, 15) is 48.7 Å². The summed E-state index contributed by atoms with van der Waals surface area (Å²) in [4.78, 5) is 11.9. The van der Waals surface area contributed by atoms with E-state index in [1.54, 1.807) is 0 Å². The minimum atomic E-state index is -6.65. The maximum absolute atomic E-state index is 14.5. The first kappa shape index (κ1) is 24.9. The highest BCUT2D eigenvalue weighted by molar-refractivity contribution is 5.98. The van der Waals surface area contributed by atoms with Gasteiger partial charge in [0, 0.05) is 19.8 Å². The van der Waals surface area contributed by atoms with Crippen molar-refractivity contribution in [3.63, 3.8) is 0 Å². The summed E-state index contributed by atoms with van der Waals surface area (Å²) < 4.78 is 138. The van der Waals surface area contributed by atoms with E-state index in [1.165, 1.54) is 19.1 Å². The molecule has 0 saturated carbocycles. The minimum absolute atomic E-state index is 0.128. The van der Waals surface area contributed by atoms with Crippen molar-refractivity contribution in [3.8, 4) is 0 Å². The van der Waals surface area contributed by atoms with E-state index in [1.807, 2.05) is 0 Å². The van der Waals surface area contributed by atoms with Crippen LogP contribution in [0.4, 0.5) is 49.6 Å². The Bertz CT molecular complexity index is 751. The molecule has 29 heavy (non-hydrogen) atoms. The molecule has 0 heterocycles. The van der Waals surface area contributed by atoms with Gasteiger partial charge in [-0.3, -0.25) is 9.53 Å². The Morgan fingerprint density at radius 2 is 1.45 bits per heavy atom. The summed E-state index contributed by atoms with van der Waals surface area (Å²) in [5.74, 6) is -15.1. The number of rotatable bonds is 6. The van der Waals surface area contributed by atoms with E-state index in [0.29, 0.717) is 12.6 Å². The smallest absolute Gasteiger partial charge is 0.335 e. The summed E-state index contributed by atoms with van der Waals surface area (Å²) in [5.41, 5.74) is -0.0913. The molecule has 14 heteroatoms. The Morgan fingerprint density at radius 1 is 0.931 bits per heavy atom. The van der Waals surface area contributed by atoms with E-state index in [0.717, 1.165) is 12.1 Å². The van der Waals surface area contributed by atoms with E-state index in [-0.39, 0.29) is 12.0 Å². The van der Waals surface area contributed by atoms with Gasteiger partial charge in [-0.2, -0.15) is 43.9 Å². The second-order valence-corrected chi connectivity index (χ2v) is 5.71. The summed E-state index contributed by atoms with van der Waals surface area (Å²) in [6.45, 7) is 1.41. The van der Waals surface area contributed by atoms with Crippen LogP contribution in [-0.4, -0.2) is 50.2 Å². The lowest BCUT2D eigenvalue weighted by Gasteiger charge is -2.38. The molecule has 0 aliphatic heterocycles. The molecule has 2 atom stereocenters. The van der Waals surface area contributed by atoms with Crippen molar-refractivity contribution in [2.75, 3.05) is 19.1 Å². The molecule has 0 N–H and O–H groups in total. The largest absolute Gasteiger partial charge is 0.458 e. The number of benzene rings is 1. The molecule has 0 fully saturated rings. The van der Waals surface area contributed by atoms with E-state index in [4.69, 9.17) is 0 Å². The molecule has 0 aromatic heterocycles. The van der Waals surface area contributed by atoms with Crippen LogP contribution in [0.2, 0.25) is 0 Å². The van der Waals surface area contributed by atoms with Gasteiger partial charge in [0.2, 0.25) is 0 Å². The normalized spacial score (nSPS) is 17.4. The summed E-state index contributed by atoms with van der Waals surface area (Å²) in [7, 11) is 0.250. The highest BCUT2D eigenvalue weighted by atomic mass is 19.4. The standard InChI is InChI=1S/C15H13F10NO3/c1-8-5-4-6-9(7-8)26(2)10(27)11(16,13(18,19)20)29-15(24,25)12(17,28-3)14(21,22)23/h4-7H,1-3H3. The SMILES string of the molecule is COC(F)(C(F)(F)F)C(F)(F)OC(F)(C(=O)N(C)c1cccc(C)c1)C(F)(F)F. The van der Waals surface area contributed by atoms with Crippen molar-refractivity contribution in [1.82, 2.24) is 0 Å². The molecular formula is C15H13F10NO3. The van der Waals surface area contributed by atoms with E-state index in [2.05, 4.69) is 9.47 Å². The van der Waals surface area contributed by atoms with Crippen LogP contribution in [0.1, 0.15) is 5.56 Å². The van der Waals surface area contributed by atoms with Gasteiger partial charge in [0.25, 0.3) is 0 Å². The van der Waals surface area contributed by atoms with Crippen LogP contribution < -0.4 is 4.90 Å². The van der Waals surface area contributed by atoms with Crippen molar-refractivity contribution in [3.05, 3.63) is 29.8 Å². The number of nitrogens with zero attached hydrogens (tertiary/aromatic N) is 1. The summed E-state index contributed by atoms with van der Waals surface area (Å²) in [6, 6.07) is 4.64. The van der Waals surface area contributed by atoms with Crippen molar-refractivity contribution >= 4 is 11.6 Å². The van der Waals surface area contributed by atoms with E-state index >= 15 is 0 Å². The molecule has 1 aromatic carbocycles. The number of methoxy groups -OCH3 is 1. The van der Waals surface area contributed by atoms with Crippen LogP contribution in [0.15, 0.2) is 24.3 Å². The average Bonchev–Trinajstić information content (AvgIpc) is 2.56. The monoisotopic (exact) mass is 445 g/mol. The van der Waals surface area contributed by atoms with Gasteiger partial charge in [0.15, 0.2) is 0 Å². The van der Waals surface area contributed by atoms with Crippen molar-refractivity contribution in [1.29, 1.82) is 0 Å². The number of hydrogen-bond donors (Lipinski definition) is 0. The van der Waals surface area contributed by atoms with Crippen molar-refractivity contribution in [2.45, 2.75) is 37.1 Å². The molecule has 0 aliphatic carbocycles. The van der Waals surface area contributed by atoms with Gasteiger partial charge in [-0.1, -0.05) is 12.1 Å². The zero-order valence-corrected chi connectivity index (χ0v) is 14.8. The first-order valence-corrected chi connectivity index (χ1v) is 7.33. The number of ether oxygens (including phenoxy) is 2. The zero-order chi connectivity index (χ0) is 23.1. The minimum Gasteiger partial charge on any atom is -0.335 e. The highest BCUT2D eigenvalue weighted by Crippen LogP contribution is 2.51. The van der Waals surface area contributed by atoms with Crippen LogP contribution in [0.3, 0.4) is 0 Å². The fourth-order valence-electron chi connectivity index (χ4n) is 2.03. The highest BCUT2D eigenvalue weighted by Gasteiger charge is 2.79. The predicted molar refractivity (Wildman–Crippen MR) is 77.4 cm³/mol. The number of likely N-dealkylation sites (N-methyl/N-ethyl adjacent to an activating group) is 1. The molecule has 1 rings (SSSR count). The fraction of sp³-hybridized carbons (Fsp3) is 0.533. The molecule has 2 unspecified atom stereocenters. The van der Waals surface area contributed by atoms with Gasteiger partial charge in [-0.25, -0.2) is 0 Å². The van der Waals surface area contributed by atoms with Crippen molar-refractivity contribution in [2.24, 2.45) is 0 Å². The second kappa shape index (κ2) is 7.63. The van der Waals surface area contributed by atoms with Gasteiger partial charge in [0.05, 0.1) is 0 Å². The molecular weight excluding hydrogens is 432 g/mol. The summed E-state index contributed by atoms with van der Waals surface area (Å²) >= 11 is 0. The Morgan fingerprint density at radius 3 is 1.83 bits per heavy atom. The third-order valence-electron chi connectivity index (χ3n) is 3.62. The molecule has 0 saturated heterocycles. The maximum Gasteiger partial charge on any atom is 0.458 e. The number of carbonyl (C=O) groups excluding carboxylic acids is 1. The van der Waals surface area contributed by atoms with Crippen LogP contribution >= 0.6 is 0 Å². The number of anilines is 1. The third-order valence-corrected chi connectivity index (χ3v) is 3.62. The predicted octanol–water partition coefficient (Wildman–Crippen LogP) is 4.67. The van der Waals surface area contributed by atoms with Gasteiger partial charge >= 0.3 is 36.1 Å². The average molecular weight is 445 g/mol. The van der Waals surface area contributed by atoms with Crippen LogP contribution in [0.25, 0.3) is 0 Å². The fourth-order valence-corrected chi connectivity index (χ4v) is 2.03. The Balaban J connectivity index is 3.47. The quantitative estimate of drug-likeness (QED) is 0.598. The number of aryl methyl sites for hydroxylation is 1. The molecule has 0 aliphatic rings. The third kappa shape index (κ3) is 4.42. The lowest BCUT2D eigenvalue weighted by molar-refractivity contribution is -0.492. The number of amides is 1. The Labute approximate surface area is 157 Å². The first-order valence-electron chi connectivity index (χ1n) is 7.33. The van der Waals surface area contributed by atoms with Gasteiger partial charge < -0.3 is 9.64 Å².